The minimum absolute atomic E-state index is 0.161. The Morgan fingerprint density at radius 1 is 1.26 bits per heavy atom. The predicted octanol–water partition coefficient (Wildman–Crippen LogP) is 1.27. The number of rotatable bonds is 7. The Kier molecular flexibility index (Phi) is 7.14. The van der Waals surface area contributed by atoms with Crippen LogP contribution in [0.15, 0.2) is 30.0 Å². The van der Waals surface area contributed by atoms with Crippen molar-refractivity contribution < 1.29 is 19.1 Å². The van der Waals surface area contributed by atoms with Crippen LogP contribution >= 0.6 is 0 Å². The molecule has 7 heteroatoms. The van der Waals surface area contributed by atoms with Crippen LogP contribution in [0.3, 0.4) is 0 Å². The molecular weight excluding hydrogens is 298 g/mol. The zero-order chi connectivity index (χ0) is 17.2. The van der Waals surface area contributed by atoms with Gasteiger partial charge < -0.3 is 14.9 Å². The summed E-state index contributed by atoms with van der Waals surface area (Å²) < 4.78 is 10.0. The van der Waals surface area contributed by atoms with E-state index >= 15 is 0 Å². The number of aryl methyl sites for hydroxylation is 2. The lowest BCUT2D eigenvalue weighted by Gasteiger charge is -2.09. The number of amides is 1. The molecule has 0 fully saturated rings. The number of hydrazine groups is 1. The summed E-state index contributed by atoms with van der Waals surface area (Å²) >= 11 is 0. The number of hydrogen-bond donors (Lipinski definition) is 2. The fraction of sp³-hybridized carbons (Fsp3) is 0.312. The monoisotopic (exact) mass is 317 g/mol. The van der Waals surface area contributed by atoms with E-state index in [9.17, 15) is 9.59 Å². The van der Waals surface area contributed by atoms with E-state index in [1.807, 2.05) is 32.0 Å². The smallest absolute Gasteiger partial charge is 0.350 e. The Hall–Kier alpha value is -3.01. The maximum Gasteiger partial charge on any atom is 0.350 e. The number of carbonyl (C=O) groups is 2. The highest BCUT2D eigenvalue weighted by molar-refractivity contribution is 5.92. The van der Waals surface area contributed by atoms with E-state index in [1.54, 1.807) is 13.0 Å². The van der Waals surface area contributed by atoms with Gasteiger partial charge in [0, 0.05) is 6.20 Å². The third kappa shape index (κ3) is 6.52. The lowest BCUT2D eigenvalue weighted by Crippen LogP contribution is -2.37. The van der Waals surface area contributed by atoms with Gasteiger partial charge in [0.15, 0.2) is 12.2 Å². The van der Waals surface area contributed by atoms with Crippen molar-refractivity contribution >= 4 is 11.9 Å². The summed E-state index contributed by atoms with van der Waals surface area (Å²) in [6, 6.07) is 7.31. The molecule has 122 valence electrons. The van der Waals surface area contributed by atoms with Gasteiger partial charge in [-0.15, -0.1) is 0 Å². The maximum absolute atomic E-state index is 11.6. The number of carbonyl (C=O) groups excluding carboxylic acids is 2. The standard InChI is InChI=1S/C16H19N3O4/c1-4-22-16(21)13(8-17)9-18-19-15(20)10-23-14-6-11(2)5-12(3)7-14/h5-7,9,18H,4,10H2,1-3H3,(H,19,20)/b13-9+. The van der Waals surface area contributed by atoms with E-state index in [0.29, 0.717) is 5.75 Å². The van der Waals surface area contributed by atoms with Crippen molar-refractivity contribution in [2.75, 3.05) is 13.2 Å². The summed E-state index contributed by atoms with van der Waals surface area (Å²) in [6.45, 7) is 5.46. The average Bonchev–Trinajstić information content (AvgIpc) is 2.49. The van der Waals surface area contributed by atoms with Gasteiger partial charge in [-0.1, -0.05) is 6.07 Å². The second-order valence-corrected chi connectivity index (χ2v) is 4.69. The first kappa shape index (κ1) is 18.0. The number of hydrogen-bond acceptors (Lipinski definition) is 6. The normalized spacial score (nSPS) is 10.4. The molecule has 0 saturated heterocycles. The molecule has 1 amide bonds. The minimum Gasteiger partial charge on any atom is -0.484 e. The van der Waals surface area contributed by atoms with Crippen molar-refractivity contribution in [1.29, 1.82) is 5.26 Å². The zero-order valence-electron chi connectivity index (χ0n) is 13.3. The summed E-state index contributed by atoms with van der Waals surface area (Å²) in [5.41, 5.74) is 6.49. The van der Waals surface area contributed by atoms with Crippen molar-refractivity contribution in [3.05, 3.63) is 41.1 Å². The van der Waals surface area contributed by atoms with Crippen LogP contribution in [0.25, 0.3) is 0 Å². The fourth-order valence-corrected chi connectivity index (χ4v) is 1.74. The van der Waals surface area contributed by atoms with Crippen LogP contribution in [0.1, 0.15) is 18.1 Å². The summed E-state index contributed by atoms with van der Waals surface area (Å²) in [5.74, 6) is -0.623. The van der Waals surface area contributed by atoms with Gasteiger partial charge in [-0.25, -0.2) is 4.79 Å². The molecule has 0 atom stereocenters. The second-order valence-electron chi connectivity index (χ2n) is 4.69. The molecule has 1 rings (SSSR count). The Labute approximate surface area is 134 Å². The van der Waals surface area contributed by atoms with Crippen LogP contribution in [0.5, 0.6) is 5.75 Å². The number of nitrogens with zero attached hydrogens (tertiary/aromatic N) is 1. The molecule has 0 aliphatic carbocycles. The zero-order valence-corrected chi connectivity index (χ0v) is 13.3. The van der Waals surface area contributed by atoms with E-state index in [2.05, 4.69) is 15.6 Å². The fourth-order valence-electron chi connectivity index (χ4n) is 1.74. The molecule has 0 unspecified atom stereocenters. The second kappa shape index (κ2) is 9.10. The third-order valence-corrected chi connectivity index (χ3v) is 2.61. The maximum atomic E-state index is 11.6. The largest absolute Gasteiger partial charge is 0.484 e. The van der Waals surface area contributed by atoms with Gasteiger partial charge in [-0.3, -0.25) is 10.2 Å². The molecule has 0 heterocycles. The highest BCUT2D eigenvalue weighted by atomic mass is 16.5. The highest BCUT2D eigenvalue weighted by Gasteiger charge is 2.09. The quantitative estimate of drug-likeness (QED) is 0.340. The van der Waals surface area contributed by atoms with E-state index < -0.39 is 11.9 Å². The Morgan fingerprint density at radius 2 is 1.91 bits per heavy atom. The van der Waals surface area contributed by atoms with Gasteiger partial charge in [0.1, 0.15) is 11.8 Å². The van der Waals surface area contributed by atoms with Crippen LogP contribution in [0.4, 0.5) is 0 Å². The van der Waals surface area contributed by atoms with Crippen molar-refractivity contribution in [3.63, 3.8) is 0 Å². The summed E-state index contributed by atoms with van der Waals surface area (Å²) in [4.78, 5) is 23.0. The molecule has 0 spiro atoms. The van der Waals surface area contributed by atoms with Crippen molar-refractivity contribution in [3.8, 4) is 11.8 Å². The lowest BCUT2D eigenvalue weighted by molar-refractivity contribution is -0.138. The highest BCUT2D eigenvalue weighted by Crippen LogP contribution is 2.15. The minimum atomic E-state index is -0.761. The Bertz CT molecular complexity index is 627. The number of nitriles is 1. The van der Waals surface area contributed by atoms with Crippen LogP contribution in [-0.2, 0) is 14.3 Å². The van der Waals surface area contributed by atoms with Crippen molar-refractivity contribution in [2.45, 2.75) is 20.8 Å². The van der Waals surface area contributed by atoms with Gasteiger partial charge in [-0.2, -0.15) is 5.26 Å². The first-order valence-electron chi connectivity index (χ1n) is 6.99. The molecule has 0 saturated carbocycles. The Morgan fingerprint density at radius 3 is 2.48 bits per heavy atom. The van der Waals surface area contributed by atoms with Crippen LogP contribution in [0.2, 0.25) is 0 Å². The van der Waals surface area contributed by atoms with E-state index in [-0.39, 0.29) is 18.8 Å². The van der Waals surface area contributed by atoms with Crippen LogP contribution in [0, 0.1) is 25.2 Å². The molecule has 0 aliphatic rings. The van der Waals surface area contributed by atoms with Gasteiger partial charge in [-0.05, 0) is 44.0 Å². The van der Waals surface area contributed by atoms with Crippen molar-refractivity contribution in [2.24, 2.45) is 0 Å². The van der Waals surface area contributed by atoms with Gasteiger partial charge in [0.25, 0.3) is 5.91 Å². The third-order valence-electron chi connectivity index (χ3n) is 2.61. The molecule has 0 aromatic heterocycles. The first-order valence-corrected chi connectivity index (χ1v) is 6.99. The predicted molar refractivity (Wildman–Crippen MR) is 83.0 cm³/mol. The molecule has 0 aliphatic heterocycles. The topological polar surface area (TPSA) is 100 Å². The van der Waals surface area contributed by atoms with E-state index in [0.717, 1.165) is 17.3 Å². The molecular formula is C16H19N3O4. The number of nitrogens with one attached hydrogen (secondary N) is 2. The van der Waals surface area contributed by atoms with Gasteiger partial charge in [0.2, 0.25) is 0 Å². The van der Waals surface area contributed by atoms with E-state index in [4.69, 9.17) is 10.00 Å². The summed E-state index contributed by atoms with van der Waals surface area (Å²) in [5, 5.41) is 8.80. The number of esters is 1. The van der Waals surface area contributed by atoms with Gasteiger partial charge in [0.05, 0.1) is 6.61 Å². The van der Waals surface area contributed by atoms with Gasteiger partial charge >= 0.3 is 5.97 Å². The number of benzene rings is 1. The van der Waals surface area contributed by atoms with Crippen LogP contribution < -0.4 is 15.6 Å². The van der Waals surface area contributed by atoms with Crippen molar-refractivity contribution in [1.82, 2.24) is 10.9 Å². The first-order chi connectivity index (χ1) is 11.0. The molecule has 7 nitrogen and oxygen atoms in total. The molecule has 2 N–H and O–H groups in total. The molecule has 23 heavy (non-hydrogen) atoms. The molecule has 1 aromatic carbocycles. The lowest BCUT2D eigenvalue weighted by atomic mass is 10.1. The van der Waals surface area contributed by atoms with Crippen LogP contribution in [-0.4, -0.2) is 25.1 Å². The summed E-state index contributed by atoms with van der Waals surface area (Å²) in [6.07, 6.45) is 1.06. The SMILES string of the molecule is CCOC(=O)/C(C#N)=C/NNC(=O)COc1cc(C)cc(C)c1. The molecule has 0 radical (unpaired) electrons. The molecule has 1 aromatic rings. The molecule has 0 bridgehead atoms. The number of ether oxygens (including phenoxy) is 2. The van der Waals surface area contributed by atoms with E-state index in [1.165, 1.54) is 0 Å². The average molecular weight is 317 g/mol. The Balaban J connectivity index is 2.45. The summed E-state index contributed by atoms with van der Waals surface area (Å²) in [7, 11) is 0.